The molecule has 2 aromatic heterocycles. The molecule has 128 valence electrons. The molecule has 0 saturated carbocycles. The molecule has 3 rings (SSSR count). The van der Waals surface area contributed by atoms with Crippen molar-refractivity contribution in [3.8, 4) is 11.5 Å². The van der Waals surface area contributed by atoms with E-state index in [4.69, 9.17) is 9.47 Å². The number of aromatic nitrogens is 3. The molecule has 0 aliphatic carbocycles. The van der Waals surface area contributed by atoms with Crippen molar-refractivity contribution in [2.75, 3.05) is 19.5 Å². The third-order valence-electron chi connectivity index (χ3n) is 3.59. The normalized spacial score (nSPS) is 10.5. The summed E-state index contributed by atoms with van der Waals surface area (Å²) in [6.07, 6.45) is 3.07. The lowest BCUT2D eigenvalue weighted by molar-refractivity contribution is -0.117. The van der Waals surface area contributed by atoms with Crippen molar-refractivity contribution in [1.82, 2.24) is 14.8 Å². The highest BCUT2D eigenvalue weighted by Crippen LogP contribution is 2.32. The molecule has 8 heteroatoms. The highest BCUT2D eigenvalue weighted by Gasteiger charge is 2.16. The Hall–Kier alpha value is -3.42. The summed E-state index contributed by atoms with van der Waals surface area (Å²) in [6.45, 7) is -0.244. The summed E-state index contributed by atoms with van der Waals surface area (Å²) in [6, 6.07) is 8.55. The smallest absolute Gasteiger partial charge is 0.279 e. The first-order valence-electron chi connectivity index (χ1n) is 7.45. The molecule has 1 aromatic carbocycles. The number of methoxy groups -OCH3 is 2. The van der Waals surface area contributed by atoms with Gasteiger partial charge < -0.3 is 14.8 Å². The van der Waals surface area contributed by atoms with Crippen molar-refractivity contribution in [3.63, 3.8) is 0 Å². The summed E-state index contributed by atoms with van der Waals surface area (Å²) < 4.78 is 11.6. The zero-order valence-electron chi connectivity index (χ0n) is 13.7. The monoisotopic (exact) mass is 340 g/mol. The lowest BCUT2D eigenvalue weighted by Gasteiger charge is -2.11. The van der Waals surface area contributed by atoms with E-state index in [1.165, 1.54) is 20.4 Å². The SMILES string of the molecule is COc1ccc2cnn(CC(=O)Nc3ccccn3)c(=O)c2c1OC. The zero-order chi connectivity index (χ0) is 17.8. The summed E-state index contributed by atoms with van der Waals surface area (Å²) in [5.41, 5.74) is -0.440. The van der Waals surface area contributed by atoms with E-state index >= 15 is 0 Å². The van der Waals surface area contributed by atoms with Crippen molar-refractivity contribution < 1.29 is 14.3 Å². The molecule has 1 N–H and O–H groups in total. The van der Waals surface area contributed by atoms with E-state index in [9.17, 15) is 9.59 Å². The first-order chi connectivity index (χ1) is 12.1. The number of hydrogen-bond donors (Lipinski definition) is 1. The highest BCUT2D eigenvalue weighted by molar-refractivity contribution is 5.91. The van der Waals surface area contributed by atoms with Crippen LogP contribution < -0.4 is 20.3 Å². The molecule has 0 bridgehead atoms. The van der Waals surface area contributed by atoms with Crippen LogP contribution in [-0.4, -0.2) is 34.9 Å². The lowest BCUT2D eigenvalue weighted by Crippen LogP contribution is -2.30. The van der Waals surface area contributed by atoms with Gasteiger partial charge in [0.25, 0.3) is 5.56 Å². The molecule has 8 nitrogen and oxygen atoms in total. The van der Waals surface area contributed by atoms with Crippen LogP contribution in [0.15, 0.2) is 47.5 Å². The molecule has 3 aromatic rings. The van der Waals surface area contributed by atoms with E-state index in [0.717, 1.165) is 4.68 Å². The maximum atomic E-state index is 12.7. The molecular formula is C17H16N4O4. The van der Waals surface area contributed by atoms with Gasteiger partial charge in [-0.25, -0.2) is 9.67 Å². The molecule has 0 fully saturated rings. The summed E-state index contributed by atoms with van der Waals surface area (Å²) in [5, 5.41) is 7.57. The lowest BCUT2D eigenvalue weighted by atomic mass is 10.1. The fourth-order valence-corrected chi connectivity index (χ4v) is 2.45. The van der Waals surface area contributed by atoms with Crippen LogP contribution in [0.2, 0.25) is 0 Å². The van der Waals surface area contributed by atoms with Gasteiger partial charge >= 0.3 is 0 Å². The Kier molecular flexibility index (Phi) is 4.60. The molecule has 0 atom stereocenters. The molecule has 1 amide bonds. The van der Waals surface area contributed by atoms with E-state index < -0.39 is 11.5 Å². The van der Waals surface area contributed by atoms with Crippen molar-refractivity contribution in [1.29, 1.82) is 0 Å². The van der Waals surface area contributed by atoms with Gasteiger partial charge in [0.05, 0.1) is 25.8 Å². The van der Waals surface area contributed by atoms with Gasteiger partial charge in [-0.05, 0) is 24.3 Å². The van der Waals surface area contributed by atoms with Crippen LogP contribution in [0.3, 0.4) is 0 Å². The standard InChI is InChI=1S/C17H16N4O4/c1-24-12-7-6-11-9-19-21(17(23)15(11)16(12)25-2)10-14(22)20-13-5-3-4-8-18-13/h3-9H,10H2,1-2H3,(H,18,20,22). The van der Waals surface area contributed by atoms with E-state index in [2.05, 4.69) is 15.4 Å². The third kappa shape index (κ3) is 3.27. The number of anilines is 1. The topological polar surface area (TPSA) is 95.3 Å². The number of pyridine rings is 1. The fraction of sp³-hybridized carbons (Fsp3) is 0.176. The predicted molar refractivity (Wildman–Crippen MR) is 92.0 cm³/mol. The number of amides is 1. The third-order valence-corrected chi connectivity index (χ3v) is 3.59. The molecule has 2 heterocycles. The van der Waals surface area contributed by atoms with Gasteiger partial charge in [0, 0.05) is 11.6 Å². The number of nitrogens with zero attached hydrogens (tertiary/aromatic N) is 3. The number of rotatable bonds is 5. The van der Waals surface area contributed by atoms with Crippen LogP contribution in [0.1, 0.15) is 0 Å². The van der Waals surface area contributed by atoms with Crippen molar-refractivity contribution >= 4 is 22.5 Å². The Balaban J connectivity index is 1.96. The molecule has 0 radical (unpaired) electrons. The van der Waals surface area contributed by atoms with Gasteiger partial charge in [-0.15, -0.1) is 0 Å². The number of carbonyl (C=O) groups excluding carboxylic acids is 1. The van der Waals surface area contributed by atoms with Crippen molar-refractivity contribution in [2.24, 2.45) is 0 Å². The second-order valence-corrected chi connectivity index (χ2v) is 5.14. The highest BCUT2D eigenvalue weighted by atomic mass is 16.5. The Morgan fingerprint density at radius 3 is 2.72 bits per heavy atom. The molecular weight excluding hydrogens is 324 g/mol. The van der Waals surface area contributed by atoms with Crippen LogP contribution in [0.25, 0.3) is 10.8 Å². The molecule has 0 spiro atoms. The maximum Gasteiger partial charge on any atom is 0.279 e. The van der Waals surface area contributed by atoms with Crippen LogP contribution in [-0.2, 0) is 11.3 Å². The minimum Gasteiger partial charge on any atom is -0.493 e. The second-order valence-electron chi connectivity index (χ2n) is 5.14. The minimum atomic E-state index is -0.440. The Bertz CT molecular complexity index is 970. The molecule has 25 heavy (non-hydrogen) atoms. The number of carbonyl (C=O) groups is 1. The maximum absolute atomic E-state index is 12.7. The van der Waals surface area contributed by atoms with Gasteiger partial charge in [-0.3, -0.25) is 9.59 Å². The number of ether oxygens (including phenoxy) is 2. The van der Waals surface area contributed by atoms with Gasteiger partial charge in [0.2, 0.25) is 5.91 Å². The second kappa shape index (κ2) is 7.00. The van der Waals surface area contributed by atoms with Gasteiger partial charge in [-0.2, -0.15) is 5.10 Å². The fourth-order valence-electron chi connectivity index (χ4n) is 2.45. The molecule has 0 saturated heterocycles. The average Bonchev–Trinajstić information content (AvgIpc) is 2.63. The molecule has 0 aliphatic heterocycles. The molecule has 0 unspecified atom stereocenters. The average molecular weight is 340 g/mol. The van der Waals surface area contributed by atoms with Crippen LogP contribution in [0.4, 0.5) is 5.82 Å². The Labute approximate surface area is 143 Å². The van der Waals surface area contributed by atoms with Gasteiger partial charge in [0.1, 0.15) is 12.4 Å². The number of benzene rings is 1. The van der Waals surface area contributed by atoms with Crippen LogP contribution in [0.5, 0.6) is 11.5 Å². The van der Waals surface area contributed by atoms with E-state index in [1.807, 2.05) is 0 Å². The van der Waals surface area contributed by atoms with Crippen LogP contribution in [0, 0.1) is 0 Å². The number of fused-ring (bicyclic) bond motifs is 1. The summed E-state index contributed by atoms with van der Waals surface area (Å²) in [5.74, 6) is 0.740. The zero-order valence-corrected chi connectivity index (χ0v) is 13.7. The van der Waals surface area contributed by atoms with E-state index in [0.29, 0.717) is 28.1 Å². The minimum absolute atomic E-state index is 0.244. The van der Waals surface area contributed by atoms with Gasteiger partial charge in [0.15, 0.2) is 11.5 Å². The Morgan fingerprint density at radius 1 is 1.20 bits per heavy atom. The van der Waals surface area contributed by atoms with Crippen LogP contribution >= 0.6 is 0 Å². The molecule has 0 aliphatic rings. The van der Waals surface area contributed by atoms with Crippen molar-refractivity contribution in [2.45, 2.75) is 6.54 Å². The predicted octanol–water partition coefficient (Wildman–Crippen LogP) is 1.45. The summed E-state index contributed by atoms with van der Waals surface area (Å²) in [4.78, 5) is 28.9. The van der Waals surface area contributed by atoms with E-state index in [1.54, 1.807) is 36.5 Å². The van der Waals surface area contributed by atoms with Gasteiger partial charge in [-0.1, -0.05) is 6.07 Å². The first-order valence-corrected chi connectivity index (χ1v) is 7.45. The number of hydrogen-bond acceptors (Lipinski definition) is 6. The summed E-state index contributed by atoms with van der Waals surface area (Å²) in [7, 11) is 2.94. The van der Waals surface area contributed by atoms with Crippen molar-refractivity contribution in [3.05, 3.63) is 53.1 Å². The largest absolute Gasteiger partial charge is 0.493 e. The van der Waals surface area contributed by atoms with E-state index in [-0.39, 0.29) is 6.54 Å². The summed E-state index contributed by atoms with van der Waals surface area (Å²) >= 11 is 0. The quantitative estimate of drug-likeness (QED) is 0.755. The first kappa shape index (κ1) is 16.4. The Morgan fingerprint density at radius 2 is 2.04 bits per heavy atom. The number of nitrogens with one attached hydrogen (secondary N) is 1.